The van der Waals surface area contributed by atoms with E-state index in [1.807, 2.05) is 13.1 Å². The first-order valence-electron chi connectivity index (χ1n) is 5.06. The summed E-state index contributed by atoms with van der Waals surface area (Å²) < 4.78 is 2.88. The van der Waals surface area contributed by atoms with Crippen LogP contribution in [0.4, 0.5) is 0 Å². The number of halogens is 1. The van der Waals surface area contributed by atoms with Crippen molar-refractivity contribution < 1.29 is 5.11 Å². The van der Waals surface area contributed by atoms with Gasteiger partial charge in [-0.1, -0.05) is 6.42 Å². The van der Waals surface area contributed by atoms with E-state index in [2.05, 4.69) is 27.7 Å². The molecule has 3 nitrogen and oxygen atoms in total. The zero-order valence-electron chi connectivity index (χ0n) is 8.33. The van der Waals surface area contributed by atoms with Gasteiger partial charge in [0.15, 0.2) is 5.72 Å². The van der Waals surface area contributed by atoms with Crippen molar-refractivity contribution in [2.75, 3.05) is 0 Å². The quantitative estimate of drug-likeness (QED) is 0.809. The normalized spacial score (nSPS) is 21.1. The summed E-state index contributed by atoms with van der Waals surface area (Å²) in [5, 5.41) is 14.7. The van der Waals surface area contributed by atoms with E-state index in [1.54, 1.807) is 4.68 Å². The van der Waals surface area contributed by atoms with Crippen molar-refractivity contribution in [2.24, 2.45) is 0 Å². The van der Waals surface area contributed by atoms with Crippen molar-refractivity contribution in [1.29, 1.82) is 0 Å². The van der Waals surface area contributed by atoms with Crippen molar-refractivity contribution in [1.82, 2.24) is 9.78 Å². The summed E-state index contributed by atoms with van der Waals surface area (Å²) in [6.45, 7) is 1.98. The molecule has 1 heterocycles. The van der Waals surface area contributed by atoms with Gasteiger partial charge in [-0.05, 0) is 55.2 Å². The molecule has 1 aliphatic rings. The molecule has 0 bridgehead atoms. The van der Waals surface area contributed by atoms with Crippen molar-refractivity contribution in [2.45, 2.75) is 44.8 Å². The molecule has 0 amide bonds. The minimum Gasteiger partial charge on any atom is -0.369 e. The number of rotatable bonds is 1. The van der Waals surface area contributed by atoms with Gasteiger partial charge in [-0.25, -0.2) is 4.68 Å². The second kappa shape index (κ2) is 3.81. The second-order valence-electron chi connectivity index (χ2n) is 4.05. The summed E-state index contributed by atoms with van der Waals surface area (Å²) in [5.41, 5.74) is 0.288. The Hall–Kier alpha value is -0.100. The second-order valence-corrected chi connectivity index (χ2v) is 5.21. The van der Waals surface area contributed by atoms with Crippen LogP contribution in [0, 0.1) is 10.5 Å². The lowest BCUT2D eigenvalue weighted by Crippen LogP contribution is -2.36. The molecule has 0 unspecified atom stereocenters. The van der Waals surface area contributed by atoms with E-state index < -0.39 is 5.72 Å². The highest BCUT2D eigenvalue weighted by atomic mass is 127. The fourth-order valence-electron chi connectivity index (χ4n) is 2.00. The Bertz CT molecular complexity index is 309. The first kappa shape index (κ1) is 10.4. The van der Waals surface area contributed by atoms with Gasteiger partial charge in [0.05, 0.1) is 9.26 Å². The van der Waals surface area contributed by atoms with E-state index in [-0.39, 0.29) is 0 Å². The third-order valence-corrected chi connectivity index (χ3v) is 3.98. The average molecular weight is 306 g/mol. The molecular weight excluding hydrogens is 291 g/mol. The zero-order valence-corrected chi connectivity index (χ0v) is 10.5. The Balaban J connectivity index is 2.28. The highest BCUT2D eigenvalue weighted by Gasteiger charge is 2.32. The third-order valence-electron chi connectivity index (χ3n) is 2.92. The van der Waals surface area contributed by atoms with E-state index in [0.717, 1.165) is 34.9 Å². The van der Waals surface area contributed by atoms with Crippen LogP contribution in [0.1, 0.15) is 37.8 Å². The summed E-state index contributed by atoms with van der Waals surface area (Å²) in [6, 6.07) is 0. The molecule has 1 aromatic heterocycles. The molecule has 0 aliphatic heterocycles. The van der Waals surface area contributed by atoms with Gasteiger partial charge < -0.3 is 5.11 Å². The van der Waals surface area contributed by atoms with Crippen LogP contribution in [0.15, 0.2) is 6.20 Å². The molecule has 4 heteroatoms. The molecule has 0 saturated heterocycles. The maximum Gasteiger partial charge on any atom is 0.157 e. The summed E-state index contributed by atoms with van der Waals surface area (Å²) in [6.07, 6.45) is 7.06. The molecule has 0 aromatic carbocycles. The van der Waals surface area contributed by atoms with E-state index >= 15 is 0 Å². The smallest absolute Gasteiger partial charge is 0.157 e. The number of hydrogen-bond donors (Lipinski definition) is 1. The number of aryl methyl sites for hydroxylation is 1. The zero-order chi connectivity index (χ0) is 10.2. The predicted molar refractivity (Wildman–Crippen MR) is 63.0 cm³/mol. The van der Waals surface area contributed by atoms with Crippen LogP contribution >= 0.6 is 22.6 Å². The number of aliphatic hydroxyl groups is 1. The summed E-state index contributed by atoms with van der Waals surface area (Å²) in [5.74, 6) is 0. The Labute approximate surface area is 97.6 Å². The molecule has 1 N–H and O–H groups in total. The van der Waals surface area contributed by atoms with Crippen molar-refractivity contribution in [3.63, 3.8) is 0 Å². The molecule has 78 valence electrons. The molecule has 0 spiro atoms. The van der Waals surface area contributed by atoms with Crippen LogP contribution in [-0.2, 0) is 5.72 Å². The summed E-state index contributed by atoms with van der Waals surface area (Å²) >= 11 is 2.25. The lowest BCUT2D eigenvalue weighted by molar-refractivity contribution is -0.0797. The van der Waals surface area contributed by atoms with E-state index in [9.17, 15) is 5.11 Å². The largest absolute Gasteiger partial charge is 0.369 e. The number of aromatic nitrogens is 2. The minimum atomic E-state index is -0.716. The Morgan fingerprint density at radius 1 is 1.43 bits per heavy atom. The van der Waals surface area contributed by atoms with Crippen LogP contribution in [0.2, 0.25) is 0 Å². The Morgan fingerprint density at radius 3 is 2.57 bits per heavy atom. The fraction of sp³-hybridized carbons (Fsp3) is 0.700. The Kier molecular flexibility index (Phi) is 2.83. The molecular formula is C10H15IN2O. The van der Waals surface area contributed by atoms with Gasteiger partial charge in [-0.2, -0.15) is 5.10 Å². The lowest BCUT2D eigenvalue weighted by atomic mass is 9.92. The first-order chi connectivity index (χ1) is 6.62. The molecule has 2 rings (SSSR count). The molecule has 1 aliphatic carbocycles. The van der Waals surface area contributed by atoms with Gasteiger partial charge in [0.25, 0.3) is 0 Å². The van der Waals surface area contributed by atoms with Crippen LogP contribution < -0.4 is 0 Å². The lowest BCUT2D eigenvalue weighted by Gasteiger charge is -2.32. The molecule has 1 fully saturated rings. The predicted octanol–water partition coefficient (Wildman–Crippen LogP) is 2.41. The van der Waals surface area contributed by atoms with Crippen LogP contribution in [0.5, 0.6) is 0 Å². The molecule has 1 saturated carbocycles. The topological polar surface area (TPSA) is 38.0 Å². The maximum atomic E-state index is 10.4. The summed E-state index contributed by atoms with van der Waals surface area (Å²) in [4.78, 5) is 0. The fourth-order valence-corrected chi connectivity index (χ4v) is 2.37. The standard InChI is InChI=1S/C10H15IN2O/c1-8-9(11)7-13(12-8)10(14)5-3-2-4-6-10/h7,14H,2-6H2,1H3. The van der Waals surface area contributed by atoms with E-state index in [4.69, 9.17) is 0 Å². The molecule has 0 atom stereocenters. The average Bonchev–Trinajstić information content (AvgIpc) is 2.49. The third kappa shape index (κ3) is 1.82. The monoisotopic (exact) mass is 306 g/mol. The molecule has 1 aromatic rings. The number of hydrogen-bond acceptors (Lipinski definition) is 2. The SMILES string of the molecule is Cc1nn(C2(O)CCCCC2)cc1I. The van der Waals surface area contributed by atoms with Crippen molar-refractivity contribution in [3.8, 4) is 0 Å². The van der Waals surface area contributed by atoms with Crippen LogP contribution in [0.25, 0.3) is 0 Å². The van der Waals surface area contributed by atoms with Gasteiger partial charge in [0.2, 0.25) is 0 Å². The van der Waals surface area contributed by atoms with Gasteiger partial charge >= 0.3 is 0 Å². The van der Waals surface area contributed by atoms with Crippen molar-refractivity contribution >= 4 is 22.6 Å². The van der Waals surface area contributed by atoms with Gasteiger partial charge in [-0.3, -0.25) is 0 Å². The van der Waals surface area contributed by atoms with Crippen LogP contribution in [0.3, 0.4) is 0 Å². The highest BCUT2D eigenvalue weighted by Crippen LogP contribution is 2.32. The van der Waals surface area contributed by atoms with Crippen LogP contribution in [-0.4, -0.2) is 14.9 Å². The summed E-state index contributed by atoms with van der Waals surface area (Å²) in [7, 11) is 0. The molecule has 14 heavy (non-hydrogen) atoms. The minimum absolute atomic E-state index is 0.716. The molecule has 0 radical (unpaired) electrons. The number of nitrogens with zero attached hydrogens (tertiary/aromatic N) is 2. The Morgan fingerprint density at radius 2 is 2.07 bits per heavy atom. The van der Waals surface area contributed by atoms with Gasteiger partial charge in [0, 0.05) is 6.20 Å². The first-order valence-corrected chi connectivity index (χ1v) is 6.14. The van der Waals surface area contributed by atoms with Crippen molar-refractivity contribution in [3.05, 3.63) is 15.5 Å². The maximum absolute atomic E-state index is 10.4. The van der Waals surface area contributed by atoms with Gasteiger partial charge in [-0.15, -0.1) is 0 Å². The highest BCUT2D eigenvalue weighted by molar-refractivity contribution is 14.1. The van der Waals surface area contributed by atoms with Gasteiger partial charge in [0.1, 0.15) is 0 Å². The van der Waals surface area contributed by atoms with E-state index in [1.165, 1.54) is 6.42 Å². The van der Waals surface area contributed by atoms with E-state index in [0.29, 0.717) is 0 Å².